The maximum atomic E-state index is 11.2. The molecule has 2 N–H and O–H groups in total. The van der Waals surface area contributed by atoms with Crippen LogP contribution in [-0.4, -0.2) is 24.4 Å². The van der Waals surface area contributed by atoms with Crippen molar-refractivity contribution >= 4 is 17.8 Å². The molecule has 3 nitrogen and oxygen atoms in total. The van der Waals surface area contributed by atoms with Crippen LogP contribution in [0.1, 0.15) is 13.8 Å². The number of carbonyl (C=O) groups is 1. The summed E-state index contributed by atoms with van der Waals surface area (Å²) < 4.78 is 0. The minimum absolute atomic E-state index is 0.0944. The van der Waals surface area contributed by atoms with Gasteiger partial charge in [0.2, 0.25) is 0 Å². The van der Waals surface area contributed by atoms with Gasteiger partial charge in [-0.1, -0.05) is 25.1 Å². The standard InChI is InChI=1S/C12H18N2OS/c1-3-13-12(15)14-9-10(2)16-11-7-5-4-6-8-11/h4-8,10H,3,9H2,1-2H3,(H2,13,14,15)/t10-/m1/s1. The Morgan fingerprint density at radius 1 is 1.31 bits per heavy atom. The molecule has 4 heteroatoms. The smallest absolute Gasteiger partial charge is 0.314 e. The van der Waals surface area contributed by atoms with Gasteiger partial charge in [-0.05, 0) is 19.1 Å². The van der Waals surface area contributed by atoms with Gasteiger partial charge in [-0.2, -0.15) is 0 Å². The van der Waals surface area contributed by atoms with Gasteiger partial charge in [0.05, 0.1) is 0 Å². The van der Waals surface area contributed by atoms with E-state index < -0.39 is 0 Å². The number of hydrogen-bond donors (Lipinski definition) is 2. The zero-order valence-corrected chi connectivity index (χ0v) is 10.5. The minimum atomic E-state index is -0.0944. The summed E-state index contributed by atoms with van der Waals surface area (Å²) in [6.07, 6.45) is 0. The number of hydrogen-bond acceptors (Lipinski definition) is 2. The normalized spacial score (nSPS) is 11.9. The molecule has 1 atom stereocenters. The number of amides is 2. The van der Waals surface area contributed by atoms with Crippen molar-refractivity contribution in [2.45, 2.75) is 24.0 Å². The van der Waals surface area contributed by atoms with E-state index in [1.54, 1.807) is 11.8 Å². The van der Waals surface area contributed by atoms with E-state index in [0.29, 0.717) is 18.3 Å². The average molecular weight is 238 g/mol. The van der Waals surface area contributed by atoms with Crippen LogP contribution in [0.3, 0.4) is 0 Å². The van der Waals surface area contributed by atoms with Gasteiger partial charge in [0.25, 0.3) is 0 Å². The van der Waals surface area contributed by atoms with Crippen LogP contribution in [0.4, 0.5) is 4.79 Å². The fourth-order valence-electron chi connectivity index (χ4n) is 1.23. The summed E-state index contributed by atoms with van der Waals surface area (Å²) in [5, 5.41) is 5.90. The van der Waals surface area contributed by atoms with Crippen molar-refractivity contribution in [2.24, 2.45) is 0 Å². The van der Waals surface area contributed by atoms with E-state index >= 15 is 0 Å². The van der Waals surface area contributed by atoms with Crippen molar-refractivity contribution in [3.05, 3.63) is 30.3 Å². The van der Waals surface area contributed by atoms with E-state index in [-0.39, 0.29) is 6.03 Å². The van der Waals surface area contributed by atoms with Gasteiger partial charge in [-0.15, -0.1) is 11.8 Å². The SMILES string of the molecule is CCNC(=O)NC[C@@H](C)Sc1ccccc1. The third kappa shape index (κ3) is 5.07. The average Bonchev–Trinajstić information content (AvgIpc) is 2.28. The molecule has 0 aliphatic heterocycles. The van der Waals surface area contributed by atoms with Crippen molar-refractivity contribution in [3.63, 3.8) is 0 Å². The van der Waals surface area contributed by atoms with Crippen LogP contribution in [0, 0.1) is 0 Å². The fraction of sp³-hybridized carbons (Fsp3) is 0.417. The highest BCUT2D eigenvalue weighted by molar-refractivity contribution is 8.00. The van der Waals surface area contributed by atoms with Gasteiger partial charge in [-0.3, -0.25) is 0 Å². The summed E-state index contributed by atoms with van der Waals surface area (Å²) >= 11 is 1.76. The third-order valence-corrected chi connectivity index (χ3v) is 3.08. The van der Waals surface area contributed by atoms with Crippen LogP contribution in [0.25, 0.3) is 0 Å². The zero-order chi connectivity index (χ0) is 11.8. The van der Waals surface area contributed by atoms with Crippen LogP contribution in [0.15, 0.2) is 35.2 Å². The van der Waals surface area contributed by atoms with E-state index in [9.17, 15) is 4.79 Å². The lowest BCUT2D eigenvalue weighted by Crippen LogP contribution is -2.38. The van der Waals surface area contributed by atoms with Gasteiger partial charge in [0, 0.05) is 23.2 Å². The van der Waals surface area contributed by atoms with E-state index in [4.69, 9.17) is 0 Å². The first kappa shape index (κ1) is 12.9. The van der Waals surface area contributed by atoms with Crippen LogP contribution in [0.2, 0.25) is 0 Å². The summed E-state index contributed by atoms with van der Waals surface area (Å²) in [4.78, 5) is 12.4. The summed E-state index contributed by atoms with van der Waals surface area (Å²) in [6, 6.07) is 10.1. The molecule has 0 saturated carbocycles. The van der Waals surface area contributed by atoms with Crippen molar-refractivity contribution in [1.82, 2.24) is 10.6 Å². The lowest BCUT2D eigenvalue weighted by molar-refractivity contribution is 0.241. The second kappa shape index (κ2) is 7.17. The molecular weight excluding hydrogens is 220 g/mol. The molecule has 0 heterocycles. The molecule has 88 valence electrons. The van der Waals surface area contributed by atoms with Crippen molar-refractivity contribution in [3.8, 4) is 0 Å². The van der Waals surface area contributed by atoms with Crippen molar-refractivity contribution in [1.29, 1.82) is 0 Å². The highest BCUT2D eigenvalue weighted by atomic mass is 32.2. The van der Waals surface area contributed by atoms with E-state index in [1.165, 1.54) is 4.90 Å². The second-order valence-corrected chi connectivity index (χ2v) is 4.99. The monoisotopic (exact) mass is 238 g/mol. The number of nitrogens with one attached hydrogen (secondary N) is 2. The molecule has 0 spiro atoms. The number of benzene rings is 1. The predicted octanol–water partition coefficient (Wildman–Crippen LogP) is 2.49. The van der Waals surface area contributed by atoms with Crippen molar-refractivity contribution in [2.75, 3.05) is 13.1 Å². The molecule has 0 fully saturated rings. The third-order valence-electron chi connectivity index (χ3n) is 1.97. The molecule has 1 aromatic carbocycles. The fourth-order valence-corrected chi connectivity index (χ4v) is 2.18. The maximum Gasteiger partial charge on any atom is 0.314 e. The lowest BCUT2D eigenvalue weighted by Gasteiger charge is -2.12. The van der Waals surface area contributed by atoms with Gasteiger partial charge in [0.15, 0.2) is 0 Å². The number of carbonyl (C=O) groups excluding carboxylic acids is 1. The van der Waals surface area contributed by atoms with Crippen LogP contribution >= 0.6 is 11.8 Å². The topological polar surface area (TPSA) is 41.1 Å². The zero-order valence-electron chi connectivity index (χ0n) is 9.69. The quantitative estimate of drug-likeness (QED) is 0.774. The molecule has 1 aromatic rings. The first-order valence-electron chi connectivity index (χ1n) is 5.45. The van der Waals surface area contributed by atoms with Gasteiger partial charge in [0.1, 0.15) is 0 Å². The van der Waals surface area contributed by atoms with E-state index in [2.05, 4.69) is 29.7 Å². The number of urea groups is 1. The number of thioether (sulfide) groups is 1. The Morgan fingerprint density at radius 2 is 2.00 bits per heavy atom. The largest absolute Gasteiger partial charge is 0.338 e. The molecule has 0 aromatic heterocycles. The summed E-state index contributed by atoms with van der Waals surface area (Å²) in [6.45, 7) is 5.34. The summed E-state index contributed by atoms with van der Waals surface area (Å²) in [5.74, 6) is 0. The van der Waals surface area contributed by atoms with E-state index in [1.807, 2.05) is 25.1 Å². The number of rotatable bonds is 5. The molecule has 0 aliphatic carbocycles. The van der Waals surface area contributed by atoms with Gasteiger partial charge >= 0.3 is 6.03 Å². The van der Waals surface area contributed by atoms with Crippen LogP contribution in [-0.2, 0) is 0 Å². The molecule has 16 heavy (non-hydrogen) atoms. The van der Waals surface area contributed by atoms with Crippen LogP contribution in [0.5, 0.6) is 0 Å². The van der Waals surface area contributed by atoms with Crippen LogP contribution < -0.4 is 10.6 Å². The summed E-state index contributed by atoms with van der Waals surface area (Å²) in [7, 11) is 0. The second-order valence-electron chi connectivity index (χ2n) is 3.48. The Morgan fingerprint density at radius 3 is 2.62 bits per heavy atom. The highest BCUT2D eigenvalue weighted by Gasteiger charge is 2.05. The molecule has 2 amide bonds. The van der Waals surface area contributed by atoms with Gasteiger partial charge < -0.3 is 10.6 Å². The van der Waals surface area contributed by atoms with Gasteiger partial charge in [-0.25, -0.2) is 4.79 Å². The lowest BCUT2D eigenvalue weighted by atomic mass is 10.4. The Bertz CT molecular complexity index is 316. The molecule has 1 rings (SSSR count). The first-order chi connectivity index (χ1) is 7.72. The molecule has 0 aliphatic rings. The Balaban J connectivity index is 2.26. The predicted molar refractivity (Wildman–Crippen MR) is 68.8 cm³/mol. The Kier molecular flexibility index (Phi) is 5.78. The Labute approximate surface area is 101 Å². The van der Waals surface area contributed by atoms with E-state index in [0.717, 1.165) is 0 Å². The van der Waals surface area contributed by atoms with Crippen molar-refractivity contribution < 1.29 is 4.79 Å². The molecule has 0 radical (unpaired) electrons. The Hall–Kier alpha value is -1.16. The maximum absolute atomic E-state index is 11.2. The molecular formula is C12H18N2OS. The highest BCUT2D eigenvalue weighted by Crippen LogP contribution is 2.21. The first-order valence-corrected chi connectivity index (χ1v) is 6.33. The minimum Gasteiger partial charge on any atom is -0.338 e. The molecule has 0 saturated heterocycles. The molecule has 0 bridgehead atoms. The summed E-state index contributed by atoms with van der Waals surface area (Å²) in [5.41, 5.74) is 0. The molecule has 0 unspecified atom stereocenters.